The lowest BCUT2D eigenvalue weighted by Gasteiger charge is -2.03. The molecule has 0 aliphatic rings. The van der Waals surface area contributed by atoms with Gasteiger partial charge in [-0.05, 0) is 0 Å². The Morgan fingerprint density at radius 1 is 1.55 bits per heavy atom. The molecule has 0 aromatic carbocycles. The number of halogens is 3. The molecule has 11 heavy (non-hydrogen) atoms. The van der Waals surface area contributed by atoms with Gasteiger partial charge in [-0.1, -0.05) is 0 Å². The van der Waals surface area contributed by atoms with Gasteiger partial charge in [0.1, 0.15) is 5.82 Å². The molecular weight excluding hydrogens is 159 g/mol. The van der Waals surface area contributed by atoms with Gasteiger partial charge in [0.05, 0.1) is 6.42 Å². The second-order valence-electron chi connectivity index (χ2n) is 2.09. The molecule has 0 amide bonds. The zero-order valence-electron chi connectivity index (χ0n) is 5.44. The van der Waals surface area contributed by atoms with Gasteiger partial charge in [0, 0.05) is 11.8 Å². The maximum Gasteiger partial charge on any atom is 0.393 e. The molecule has 0 saturated carbocycles. The van der Waals surface area contributed by atoms with E-state index in [2.05, 4.69) is 10.2 Å². The average Bonchev–Trinajstić information content (AvgIpc) is 2.12. The highest BCUT2D eigenvalue weighted by molar-refractivity contribution is 5.37. The summed E-state index contributed by atoms with van der Waals surface area (Å²) in [5, 5.41) is 5.60. The molecule has 3 N–H and O–H groups in total. The van der Waals surface area contributed by atoms with E-state index in [1.165, 1.54) is 0 Å². The highest BCUT2D eigenvalue weighted by Gasteiger charge is 2.29. The molecule has 62 valence electrons. The van der Waals surface area contributed by atoms with E-state index in [1.807, 2.05) is 0 Å². The topological polar surface area (TPSA) is 54.7 Å². The summed E-state index contributed by atoms with van der Waals surface area (Å²) in [5.41, 5.74) is 5.09. The summed E-state index contributed by atoms with van der Waals surface area (Å²) in [6.07, 6.45) is -4.11. The Hall–Kier alpha value is -1.20. The van der Waals surface area contributed by atoms with Crippen LogP contribution in [0.2, 0.25) is 0 Å². The molecule has 0 atom stereocenters. The van der Waals surface area contributed by atoms with Crippen molar-refractivity contribution in [1.29, 1.82) is 0 Å². The second-order valence-corrected chi connectivity index (χ2v) is 2.09. The first-order chi connectivity index (χ1) is 4.99. The summed E-state index contributed by atoms with van der Waals surface area (Å²) in [6.45, 7) is 0. The van der Waals surface area contributed by atoms with Crippen LogP contribution in [0.1, 0.15) is 5.56 Å². The molecule has 0 fully saturated rings. The summed E-state index contributed by atoms with van der Waals surface area (Å²) < 4.78 is 35.1. The number of aromatic nitrogens is 2. The zero-order chi connectivity index (χ0) is 8.48. The molecule has 1 aromatic rings. The lowest BCUT2D eigenvalue weighted by molar-refractivity contribution is -0.127. The number of hydrogen-bond acceptors (Lipinski definition) is 2. The number of anilines is 1. The van der Waals surface area contributed by atoms with E-state index in [1.54, 1.807) is 0 Å². The minimum atomic E-state index is -4.22. The minimum Gasteiger partial charge on any atom is -0.382 e. The van der Waals surface area contributed by atoms with Crippen molar-refractivity contribution >= 4 is 5.82 Å². The van der Waals surface area contributed by atoms with E-state index < -0.39 is 12.6 Å². The van der Waals surface area contributed by atoms with Crippen molar-refractivity contribution in [1.82, 2.24) is 10.2 Å². The first kappa shape index (κ1) is 7.90. The van der Waals surface area contributed by atoms with Crippen LogP contribution in [0.3, 0.4) is 0 Å². The van der Waals surface area contributed by atoms with E-state index in [4.69, 9.17) is 5.73 Å². The third kappa shape index (κ3) is 2.14. The number of H-pyrrole nitrogens is 1. The van der Waals surface area contributed by atoms with E-state index in [9.17, 15) is 13.2 Å². The van der Waals surface area contributed by atoms with Crippen molar-refractivity contribution < 1.29 is 13.2 Å². The van der Waals surface area contributed by atoms with Gasteiger partial charge in [0.2, 0.25) is 0 Å². The maximum absolute atomic E-state index is 11.7. The Bertz CT molecular complexity index is 239. The summed E-state index contributed by atoms with van der Waals surface area (Å²) in [4.78, 5) is 0. The van der Waals surface area contributed by atoms with Crippen molar-refractivity contribution in [3.63, 3.8) is 0 Å². The third-order valence-corrected chi connectivity index (χ3v) is 1.14. The van der Waals surface area contributed by atoms with Crippen LogP contribution in [-0.4, -0.2) is 16.4 Å². The van der Waals surface area contributed by atoms with Gasteiger partial charge in [0.25, 0.3) is 0 Å². The van der Waals surface area contributed by atoms with Gasteiger partial charge < -0.3 is 5.73 Å². The molecule has 0 bridgehead atoms. The molecular formula is C5H6F3N3. The molecule has 3 nitrogen and oxygen atoms in total. The molecule has 0 radical (unpaired) electrons. The Balaban J connectivity index is 2.72. The number of nitrogen functional groups attached to an aromatic ring is 1. The largest absolute Gasteiger partial charge is 0.393 e. The van der Waals surface area contributed by atoms with Gasteiger partial charge >= 0.3 is 6.18 Å². The highest BCUT2D eigenvalue weighted by atomic mass is 19.4. The molecule has 0 spiro atoms. The quantitative estimate of drug-likeness (QED) is 0.654. The lowest BCUT2D eigenvalue weighted by atomic mass is 10.2. The average molecular weight is 165 g/mol. The Labute approximate surface area is 60.4 Å². The van der Waals surface area contributed by atoms with Crippen molar-refractivity contribution in [2.24, 2.45) is 0 Å². The van der Waals surface area contributed by atoms with Crippen LogP contribution >= 0.6 is 0 Å². The van der Waals surface area contributed by atoms with E-state index in [-0.39, 0.29) is 11.4 Å². The normalized spacial score (nSPS) is 11.9. The first-order valence-electron chi connectivity index (χ1n) is 2.84. The van der Waals surface area contributed by atoms with Crippen molar-refractivity contribution in [3.05, 3.63) is 11.8 Å². The molecule has 0 aliphatic heterocycles. The molecule has 0 unspecified atom stereocenters. The molecule has 1 rings (SSSR count). The maximum atomic E-state index is 11.7. The fourth-order valence-electron chi connectivity index (χ4n) is 0.683. The minimum absolute atomic E-state index is 0.0162. The van der Waals surface area contributed by atoms with Crippen LogP contribution in [0, 0.1) is 0 Å². The Kier molecular flexibility index (Phi) is 1.76. The molecule has 0 saturated heterocycles. The molecule has 1 aromatic heterocycles. The summed E-state index contributed by atoms with van der Waals surface area (Å²) in [5.74, 6) is -0.0951. The number of nitrogens with one attached hydrogen (secondary N) is 1. The molecule has 6 heteroatoms. The van der Waals surface area contributed by atoms with Crippen molar-refractivity contribution in [2.75, 3.05) is 5.73 Å². The fraction of sp³-hybridized carbons (Fsp3) is 0.400. The third-order valence-electron chi connectivity index (χ3n) is 1.14. The summed E-state index contributed by atoms with van der Waals surface area (Å²) >= 11 is 0. The van der Waals surface area contributed by atoms with E-state index >= 15 is 0 Å². The van der Waals surface area contributed by atoms with Crippen LogP contribution in [0.25, 0.3) is 0 Å². The number of nitrogens with two attached hydrogens (primary N) is 1. The zero-order valence-corrected chi connectivity index (χ0v) is 5.44. The van der Waals surface area contributed by atoms with Gasteiger partial charge in [-0.25, -0.2) is 0 Å². The van der Waals surface area contributed by atoms with Crippen LogP contribution in [0.4, 0.5) is 19.0 Å². The smallest absolute Gasteiger partial charge is 0.382 e. The SMILES string of the molecule is Nc1n[nH]cc1CC(F)(F)F. The van der Waals surface area contributed by atoms with Crippen LogP contribution in [0.15, 0.2) is 6.20 Å². The summed E-state index contributed by atoms with van der Waals surface area (Å²) in [6, 6.07) is 0. The molecule has 1 heterocycles. The highest BCUT2D eigenvalue weighted by Crippen LogP contribution is 2.22. The van der Waals surface area contributed by atoms with Gasteiger partial charge in [0.15, 0.2) is 0 Å². The van der Waals surface area contributed by atoms with Gasteiger partial charge in [-0.2, -0.15) is 18.3 Å². The van der Waals surface area contributed by atoms with Crippen LogP contribution in [0.5, 0.6) is 0 Å². The predicted octanol–water partition coefficient (Wildman–Crippen LogP) is 1.10. The predicted molar refractivity (Wildman–Crippen MR) is 32.8 cm³/mol. The van der Waals surface area contributed by atoms with Crippen molar-refractivity contribution in [3.8, 4) is 0 Å². The number of rotatable bonds is 1. The summed E-state index contributed by atoms with van der Waals surface area (Å²) in [7, 11) is 0. The molecule has 0 aliphatic carbocycles. The van der Waals surface area contributed by atoms with Crippen molar-refractivity contribution in [2.45, 2.75) is 12.6 Å². The fourth-order valence-corrected chi connectivity index (χ4v) is 0.683. The van der Waals surface area contributed by atoms with Crippen LogP contribution in [-0.2, 0) is 6.42 Å². The number of nitrogens with zero attached hydrogens (tertiary/aromatic N) is 1. The second kappa shape index (κ2) is 2.44. The number of aromatic amines is 1. The monoisotopic (exact) mass is 165 g/mol. The van der Waals surface area contributed by atoms with Crippen LogP contribution < -0.4 is 5.73 Å². The van der Waals surface area contributed by atoms with Gasteiger partial charge in [-0.3, -0.25) is 5.10 Å². The standard InChI is InChI=1S/C5H6F3N3/c6-5(7,8)1-3-2-10-11-4(3)9/h2H,1H2,(H3,9,10,11). The van der Waals surface area contributed by atoms with E-state index in [0.717, 1.165) is 6.20 Å². The Morgan fingerprint density at radius 3 is 2.55 bits per heavy atom. The lowest BCUT2D eigenvalue weighted by Crippen LogP contribution is -2.12. The number of hydrogen-bond donors (Lipinski definition) is 2. The first-order valence-corrected chi connectivity index (χ1v) is 2.84. The van der Waals surface area contributed by atoms with E-state index in [0.29, 0.717) is 0 Å². The van der Waals surface area contributed by atoms with Gasteiger partial charge in [-0.15, -0.1) is 0 Å². The number of alkyl halides is 3. The Morgan fingerprint density at radius 2 is 2.18 bits per heavy atom.